The van der Waals surface area contributed by atoms with Crippen molar-refractivity contribution in [3.63, 3.8) is 0 Å². The number of carbonyl (C=O) groups excluding carboxylic acids is 8. The molecular weight excluding hydrogens is 1040 g/mol. The number of imide groups is 2. The smallest absolute Gasteiger partial charge is 0.399 e. The number of rotatable bonds is 12. The Bertz CT molecular complexity index is 3380. The van der Waals surface area contributed by atoms with Gasteiger partial charge in [0.25, 0.3) is 23.6 Å². The topological polar surface area (TPSA) is 258 Å². The fourth-order valence-electron chi connectivity index (χ4n) is 9.66. The molecule has 5 aromatic rings. The molecule has 4 aliphatic rings. The zero-order chi connectivity index (χ0) is 55.1. The van der Waals surface area contributed by atoms with Crippen LogP contribution in [0.4, 0.5) is 8.78 Å². The van der Waals surface area contributed by atoms with Gasteiger partial charge in [0.15, 0.2) is 6.61 Å². The number of nitrogens with zero attached hydrogens (tertiary/aromatic N) is 3. The van der Waals surface area contributed by atoms with E-state index >= 15 is 4.79 Å². The highest BCUT2D eigenvalue weighted by Gasteiger charge is 2.51. The van der Waals surface area contributed by atoms with Crippen LogP contribution in [0.5, 0.6) is 5.75 Å². The molecule has 5 heterocycles. The third-order valence-corrected chi connectivity index (χ3v) is 15.8. The van der Waals surface area contributed by atoms with Crippen LogP contribution in [0, 0.1) is 17.3 Å². The van der Waals surface area contributed by atoms with E-state index in [4.69, 9.17) is 9.47 Å². The van der Waals surface area contributed by atoms with Crippen molar-refractivity contribution in [2.24, 2.45) is 5.41 Å². The molecule has 0 radical (unpaired) electrons. The van der Waals surface area contributed by atoms with Crippen molar-refractivity contribution in [2.45, 2.75) is 76.5 Å². The van der Waals surface area contributed by atoms with Crippen LogP contribution in [0.3, 0.4) is 0 Å². The van der Waals surface area contributed by atoms with Crippen molar-refractivity contribution < 1.29 is 71.0 Å². The molecule has 0 aliphatic carbocycles. The quantitative estimate of drug-likeness (QED) is 0.0642. The summed E-state index contributed by atoms with van der Waals surface area (Å²) in [6.45, 7) is 5.16. The van der Waals surface area contributed by atoms with Gasteiger partial charge in [-0.3, -0.25) is 53.1 Å². The fourth-order valence-corrected chi connectivity index (χ4v) is 11.1. The van der Waals surface area contributed by atoms with Crippen LogP contribution in [0.1, 0.15) is 97.9 Å². The fraction of sp³-hybridized carbons (Fsp3) is 0.333. The largest absolute Gasteiger partial charge is 0.484 e. The molecule has 1 unspecified atom stereocenters. The zero-order valence-corrected chi connectivity index (χ0v) is 43.4. The third-order valence-electron chi connectivity index (χ3n) is 13.7. The van der Waals surface area contributed by atoms with E-state index in [0.29, 0.717) is 10.3 Å². The van der Waals surface area contributed by atoms with Gasteiger partial charge in [-0.25, -0.2) is 0 Å². The number of hydrogen-bond acceptors (Lipinski definition) is 12. The molecule has 4 aromatic carbocycles. The van der Waals surface area contributed by atoms with Gasteiger partial charge in [-0.2, -0.15) is 8.78 Å². The Labute approximate surface area is 443 Å². The molecular formula is C54H51F2N6O13PS. The summed E-state index contributed by atoms with van der Waals surface area (Å²) < 4.78 is 53.2. The Balaban J connectivity index is 0.906. The predicted molar refractivity (Wildman–Crippen MR) is 273 cm³/mol. The molecule has 5 N–H and O–H groups in total. The van der Waals surface area contributed by atoms with E-state index in [9.17, 15) is 56.7 Å². The highest BCUT2D eigenvalue weighted by Crippen LogP contribution is 2.59. The molecule has 1 aromatic heterocycles. The number of carbonyl (C=O) groups is 8. The number of fused-ring (bicyclic) bond motifs is 3. The van der Waals surface area contributed by atoms with Crippen LogP contribution in [0.25, 0.3) is 10.1 Å². The first-order valence-electron chi connectivity index (χ1n) is 24.4. The molecule has 0 bridgehead atoms. The lowest BCUT2D eigenvalue weighted by atomic mass is 9.84. The van der Waals surface area contributed by atoms with Crippen molar-refractivity contribution in [3.8, 4) is 17.6 Å². The van der Waals surface area contributed by atoms with Crippen molar-refractivity contribution in [1.82, 2.24) is 30.7 Å². The van der Waals surface area contributed by atoms with E-state index in [-0.39, 0.29) is 90.7 Å². The van der Waals surface area contributed by atoms with Crippen LogP contribution in [-0.2, 0) is 51.9 Å². The van der Waals surface area contributed by atoms with E-state index in [0.717, 1.165) is 39.5 Å². The lowest BCUT2D eigenvalue weighted by Gasteiger charge is -2.43. The number of alkyl halides is 2. The lowest BCUT2D eigenvalue weighted by molar-refractivity contribution is -0.153. The maximum absolute atomic E-state index is 15.1. The first kappa shape index (κ1) is 54.1. The maximum atomic E-state index is 15.1. The second-order valence-corrected chi connectivity index (χ2v) is 22.7. The third kappa shape index (κ3) is 11.1. The minimum atomic E-state index is -5.88. The number of halogens is 2. The summed E-state index contributed by atoms with van der Waals surface area (Å²) in [6, 6.07) is 19.8. The highest BCUT2D eigenvalue weighted by molar-refractivity contribution is 7.52. The van der Waals surface area contributed by atoms with E-state index in [2.05, 4.69) is 27.8 Å². The normalized spacial score (nSPS) is 19.2. The Morgan fingerprint density at radius 1 is 0.948 bits per heavy atom. The van der Waals surface area contributed by atoms with Gasteiger partial charge in [0.2, 0.25) is 23.6 Å². The molecule has 8 amide bonds. The zero-order valence-electron chi connectivity index (χ0n) is 41.7. The Hall–Kier alpha value is -7.67. The summed E-state index contributed by atoms with van der Waals surface area (Å²) in [6.07, 6.45) is -0.389. The second kappa shape index (κ2) is 21.4. The number of thiophene rings is 1. The number of morpholine rings is 1. The van der Waals surface area contributed by atoms with Gasteiger partial charge in [0.05, 0.1) is 35.7 Å². The van der Waals surface area contributed by atoms with Gasteiger partial charge >= 0.3 is 13.3 Å². The average molecular weight is 1090 g/mol. The standard InChI is InChI=1S/C54H51F2N6O13PS/c1-53(2,3)46(59-48(66)42-26-33-23-35(15-18-41(33)77-42)54(55,56)76(71,72)73)52(70)61-27-34-24-36(16-14-32(34)25-39(61)50(68)60-21-22-74-40(28-60)30-9-5-4-6-10-30)75-29-44(64)57-20-8-12-31-11-7-13-37-45(31)51(69)62(49(37)67)38-17-19-43(63)58-47(38)65/h4-7,9-11,13-16,18,23-24,26,38-40,46H,17,19-22,25,27-29H2,1-3H3,(H,57,64)(H,59,66)(H,58,63,65)(H2,71,72,73)/t38?,39-,40-,46+/m0/s1. The van der Waals surface area contributed by atoms with Crippen LogP contribution < -0.4 is 20.7 Å². The van der Waals surface area contributed by atoms with Gasteiger partial charge < -0.3 is 39.7 Å². The molecule has 4 aliphatic heterocycles. The summed E-state index contributed by atoms with van der Waals surface area (Å²) in [4.78, 5) is 130. The molecule has 77 heavy (non-hydrogen) atoms. The molecule has 19 nitrogen and oxygen atoms in total. The Morgan fingerprint density at radius 2 is 1.71 bits per heavy atom. The molecule has 9 rings (SSSR count). The second-order valence-electron chi connectivity index (χ2n) is 19.9. The number of piperidine rings is 1. The van der Waals surface area contributed by atoms with Gasteiger partial charge in [-0.15, -0.1) is 11.3 Å². The minimum Gasteiger partial charge on any atom is -0.484 e. The molecule has 2 saturated heterocycles. The van der Waals surface area contributed by atoms with Crippen molar-refractivity contribution in [2.75, 3.05) is 32.8 Å². The van der Waals surface area contributed by atoms with Crippen LogP contribution in [0.2, 0.25) is 0 Å². The maximum Gasteiger partial charge on any atom is 0.399 e. The molecule has 23 heteroatoms. The van der Waals surface area contributed by atoms with Gasteiger partial charge in [-0.1, -0.05) is 81.1 Å². The van der Waals surface area contributed by atoms with Gasteiger partial charge in [0, 0.05) is 41.8 Å². The summed E-state index contributed by atoms with van der Waals surface area (Å²) in [5, 5.41) is 7.73. The monoisotopic (exact) mass is 1090 g/mol. The number of benzene rings is 4. The Morgan fingerprint density at radius 3 is 2.44 bits per heavy atom. The van der Waals surface area contributed by atoms with Crippen molar-refractivity contribution in [1.29, 1.82) is 0 Å². The summed E-state index contributed by atoms with van der Waals surface area (Å²) in [7, 11) is -5.88. The minimum absolute atomic E-state index is 0.00670. The van der Waals surface area contributed by atoms with E-state index in [1.807, 2.05) is 30.3 Å². The van der Waals surface area contributed by atoms with Gasteiger partial charge in [-0.05, 0) is 76.4 Å². The van der Waals surface area contributed by atoms with E-state index < -0.39 is 96.4 Å². The number of hydrogen-bond donors (Lipinski definition) is 5. The summed E-state index contributed by atoms with van der Waals surface area (Å²) >= 11 is 0.928. The van der Waals surface area contributed by atoms with Crippen molar-refractivity contribution in [3.05, 3.63) is 135 Å². The number of nitrogens with one attached hydrogen (secondary N) is 3. The van der Waals surface area contributed by atoms with Crippen molar-refractivity contribution >= 4 is 76.3 Å². The van der Waals surface area contributed by atoms with E-state index in [1.165, 1.54) is 35.2 Å². The number of ether oxygens (including phenoxy) is 2. The predicted octanol–water partition coefficient (Wildman–Crippen LogP) is 4.77. The highest BCUT2D eigenvalue weighted by atomic mass is 32.1. The van der Waals surface area contributed by atoms with Crippen LogP contribution in [0.15, 0.2) is 91.0 Å². The lowest BCUT2D eigenvalue weighted by Crippen LogP contribution is -2.61. The van der Waals surface area contributed by atoms with Gasteiger partial charge in [0.1, 0.15) is 30.0 Å². The summed E-state index contributed by atoms with van der Waals surface area (Å²) in [5.41, 5.74) is -3.91. The van der Waals surface area contributed by atoms with E-state index in [1.54, 1.807) is 43.9 Å². The molecule has 0 saturated carbocycles. The molecule has 4 atom stereocenters. The van der Waals surface area contributed by atoms with Crippen LogP contribution >= 0.6 is 18.9 Å². The Kier molecular flexibility index (Phi) is 15.0. The molecule has 0 spiro atoms. The average Bonchev–Trinajstić information content (AvgIpc) is 4.03. The number of amides is 8. The first-order chi connectivity index (χ1) is 36.5. The molecule has 2 fully saturated rings. The SMILES string of the molecule is CC(C)(C)[C@H](NC(=O)c1cc2cc(C(F)(F)P(=O)(O)O)ccc2s1)C(=O)N1Cc2cc(OCC(=O)NCC#Cc3cccc4c3C(=O)N(C3CCC(=O)NC3=O)C4=O)ccc2C[C@H]1C(=O)N1CCO[C@H](c2ccccc2)C1. The first-order valence-corrected chi connectivity index (χ1v) is 26.8. The molecule has 400 valence electrons. The van der Waals surface area contributed by atoms with Crippen LogP contribution in [-0.4, -0.2) is 123 Å². The summed E-state index contributed by atoms with van der Waals surface area (Å²) in [5.74, 6) is 0.985.